The van der Waals surface area contributed by atoms with Gasteiger partial charge in [0.2, 0.25) is 0 Å². The SMILES string of the molecule is CC(C)(C)c1ccc(N2c3cc(-c4cc(-c5ccccc5)nc(-c5ccccc5)c4)cc4c3B(c3ccc5ccccc5c32)c2ccc3ccccc3c2N4c2ccc(C(C)(C)C)cc2)cc1. The molecule has 0 unspecified atom stereocenters. The zero-order chi connectivity index (χ0) is 45.6. The van der Waals surface area contributed by atoms with E-state index in [1.165, 1.54) is 71.8 Å². The van der Waals surface area contributed by atoms with Gasteiger partial charge in [-0.15, -0.1) is 0 Å². The summed E-state index contributed by atoms with van der Waals surface area (Å²) in [5.74, 6) is 0. The quantitative estimate of drug-likeness (QED) is 0.161. The lowest BCUT2D eigenvalue weighted by Gasteiger charge is -2.45. The number of hydrogen-bond acceptors (Lipinski definition) is 3. The normalized spacial score (nSPS) is 13.1. The van der Waals surface area contributed by atoms with E-state index in [2.05, 4.69) is 258 Å². The minimum Gasteiger partial charge on any atom is -0.311 e. The molecular weight excluding hydrogens is 810 g/mol. The van der Waals surface area contributed by atoms with Crippen LogP contribution in [0.2, 0.25) is 0 Å². The van der Waals surface area contributed by atoms with Crippen LogP contribution in [-0.2, 0) is 10.8 Å². The van der Waals surface area contributed by atoms with Crippen molar-refractivity contribution in [3.8, 4) is 33.6 Å². The Kier molecular flexibility index (Phi) is 9.41. The van der Waals surface area contributed by atoms with E-state index < -0.39 is 0 Å². The Balaban J connectivity index is 1.22. The molecule has 0 bridgehead atoms. The second-order valence-electron chi connectivity index (χ2n) is 20.4. The second kappa shape index (κ2) is 15.5. The number of aromatic nitrogens is 1. The minimum absolute atomic E-state index is 0.0129. The van der Waals surface area contributed by atoms with E-state index in [4.69, 9.17) is 4.98 Å². The highest BCUT2D eigenvalue weighted by molar-refractivity contribution is 7.00. The summed E-state index contributed by atoms with van der Waals surface area (Å²) in [6.45, 7) is 13.7. The van der Waals surface area contributed by atoms with Crippen LogP contribution in [-0.4, -0.2) is 11.7 Å². The number of rotatable bonds is 5. The first-order chi connectivity index (χ1) is 32.5. The number of benzene rings is 9. The molecule has 3 nitrogen and oxygen atoms in total. The standard InChI is InChI=1S/C63H52BN3/c1-62(2,3)47-27-31-49(32-28-47)66-57-39-46(45-37-55(43-19-9-7-10-20-43)65-56(38-45)44-21-11-8-12-22-44)40-58-59(57)64(53-35-25-41-17-13-15-23-51(41)60(53)66)54-36-26-42-18-14-16-24-52(42)61(54)67(58)50-33-29-48(30-34-50)63(4,5)6/h7-40H,1-6H3. The van der Waals surface area contributed by atoms with Gasteiger partial charge in [-0.25, -0.2) is 4.98 Å². The maximum Gasteiger partial charge on any atom is 0.252 e. The monoisotopic (exact) mass is 861 g/mol. The van der Waals surface area contributed by atoms with Gasteiger partial charge in [-0.2, -0.15) is 0 Å². The van der Waals surface area contributed by atoms with Crippen LogP contribution in [0.4, 0.5) is 34.1 Å². The van der Waals surface area contributed by atoms with Crippen molar-refractivity contribution in [1.29, 1.82) is 0 Å². The molecule has 10 aromatic rings. The zero-order valence-corrected chi connectivity index (χ0v) is 39.0. The number of hydrogen-bond donors (Lipinski definition) is 0. The molecule has 0 saturated heterocycles. The van der Waals surface area contributed by atoms with E-state index in [1.54, 1.807) is 0 Å². The Labute approximate surface area is 395 Å². The molecule has 1 aromatic heterocycles. The highest BCUT2D eigenvalue weighted by atomic mass is 15.2. The van der Waals surface area contributed by atoms with E-state index in [0.717, 1.165) is 45.0 Å². The van der Waals surface area contributed by atoms with Gasteiger partial charge in [0.25, 0.3) is 6.71 Å². The van der Waals surface area contributed by atoms with Crippen LogP contribution in [0.25, 0.3) is 55.2 Å². The predicted octanol–water partition coefficient (Wildman–Crippen LogP) is 15.1. The molecule has 0 fully saturated rings. The molecule has 12 rings (SSSR count). The minimum atomic E-state index is -0.0364. The number of fused-ring (bicyclic) bond motifs is 8. The molecule has 4 heteroatoms. The van der Waals surface area contributed by atoms with E-state index in [9.17, 15) is 0 Å². The van der Waals surface area contributed by atoms with E-state index in [0.29, 0.717) is 0 Å². The molecule has 2 aliphatic heterocycles. The third kappa shape index (κ3) is 6.85. The molecular formula is C63H52BN3. The fourth-order valence-electron chi connectivity index (χ4n) is 10.7. The van der Waals surface area contributed by atoms with Crippen LogP contribution in [0.5, 0.6) is 0 Å². The fourth-order valence-corrected chi connectivity index (χ4v) is 10.7. The summed E-state index contributed by atoms with van der Waals surface area (Å²) in [6, 6.07) is 76.7. The van der Waals surface area contributed by atoms with Gasteiger partial charge in [0.15, 0.2) is 0 Å². The largest absolute Gasteiger partial charge is 0.311 e. The lowest BCUT2D eigenvalue weighted by atomic mass is 9.33. The van der Waals surface area contributed by atoms with E-state index in [-0.39, 0.29) is 17.5 Å². The van der Waals surface area contributed by atoms with Crippen molar-refractivity contribution in [3.63, 3.8) is 0 Å². The molecule has 0 aliphatic carbocycles. The number of nitrogens with zero attached hydrogens (tertiary/aromatic N) is 3. The lowest BCUT2D eigenvalue weighted by Crippen LogP contribution is -2.61. The van der Waals surface area contributed by atoms with Crippen LogP contribution in [0.15, 0.2) is 206 Å². The molecule has 0 amide bonds. The van der Waals surface area contributed by atoms with E-state index in [1.807, 2.05) is 0 Å². The topological polar surface area (TPSA) is 19.4 Å². The second-order valence-corrected chi connectivity index (χ2v) is 20.4. The van der Waals surface area contributed by atoms with Gasteiger partial charge in [-0.1, -0.05) is 199 Å². The molecule has 0 N–H and O–H groups in total. The Morgan fingerprint density at radius 2 is 0.761 bits per heavy atom. The first-order valence-corrected chi connectivity index (χ1v) is 23.7. The molecule has 322 valence electrons. The van der Waals surface area contributed by atoms with Crippen LogP contribution in [0.1, 0.15) is 52.7 Å². The summed E-state index contributed by atoms with van der Waals surface area (Å²) < 4.78 is 0. The summed E-state index contributed by atoms with van der Waals surface area (Å²) in [5.41, 5.74) is 20.0. The summed E-state index contributed by atoms with van der Waals surface area (Å²) in [5, 5.41) is 4.92. The van der Waals surface area contributed by atoms with Crippen molar-refractivity contribution >= 4 is 78.8 Å². The van der Waals surface area contributed by atoms with Crippen LogP contribution < -0.4 is 26.2 Å². The molecule has 2 aliphatic rings. The van der Waals surface area contributed by atoms with Gasteiger partial charge >= 0.3 is 0 Å². The summed E-state index contributed by atoms with van der Waals surface area (Å²) in [4.78, 5) is 10.5. The molecule has 0 spiro atoms. The van der Waals surface area contributed by atoms with Crippen LogP contribution in [0.3, 0.4) is 0 Å². The molecule has 0 saturated carbocycles. The van der Waals surface area contributed by atoms with Gasteiger partial charge < -0.3 is 9.80 Å². The summed E-state index contributed by atoms with van der Waals surface area (Å²) in [6.07, 6.45) is 0. The molecule has 67 heavy (non-hydrogen) atoms. The van der Waals surface area contributed by atoms with Crippen molar-refractivity contribution in [1.82, 2.24) is 4.98 Å². The smallest absolute Gasteiger partial charge is 0.252 e. The Bertz CT molecular complexity index is 3300. The number of pyridine rings is 1. The fraction of sp³-hybridized carbons (Fsp3) is 0.127. The maximum atomic E-state index is 5.34. The van der Waals surface area contributed by atoms with Crippen LogP contribution in [0, 0.1) is 0 Å². The predicted molar refractivity (Wildman–Crippen MR) is 287 cm³/mol. The van der Waals surface area contributed by atoms with Gasteiger partial charge in [-0.05, 0) is 109 Å². The van der Waals surface area contributed by atoms with Gasteiger partial charge in [0.1, 0.15) is 0 Å². The average molecular weight is 862 g/mol. The highest BCUT2D eigenvalue weighted by Crippen LogP contribution is 2.49. The first-order valence-electron chi connectivity index (χ1n) is 23.7. The third-order valence-corrected chi connectivity index (χ3v) is 14.1. The van der Waals surface area contributed by atoms with Gasteiger partial charge in [0, 0.05) is 56.0 Å². The molecule has 9 aromatic carbocycles. The Morgan fingerprint density at radius 1 is 0.373 bits per heavy atom. The number of anilines is 6. The van der Waals surface area contributed by atoms with Crippen molar-refractivity contribution in [2.24, 2.45) is 0 Å². The maximum absolute atomic E-state index is 5.34. The Hall–Kier alpha value is -7.69. The van der Waals surface area contributed by atoms with Crippen molar-refractivity contribution in [2.45, 2.75) is 52.4 Å². The highest BCUT2D eigenvalue weighted by Gasteiger charge is 2.45. The molecule has 0 atom stereocenters. The Morgan fingerprint density at radius 3 is 1.18 bits per heavy atom. The lowest BCUT2D eigenvalue weighted by molar-refractivity contribution is 0.590. The summed E-state index contributed by atoms with van der Waals surface area (Å²) >= 11 is 0. The van der Waals surface area contributed by atoms with Crippen molar-refractivity contribution in [2.75, 3.05) is 9.80 Å². The third-order valence-electron chi connectivity index (χ3n) is 14.1. The van der Waals surface area contributed by atoms with Gasteiger partial charge in [0.05, 0.1) is 11.4 Å². The van der Waals surface area contributed by atoms with Crippen molar-refractivity contribution < 1.29 is 0 Å². The van der Waals surface area contributed by atoms with Crippen LogP contribution >= 0.6 is 0 Å². The van der Waals surface area contributed by atoms with Crippen molar-refractivity contribution in [3.05, 3.63) is 217 Å². The van der Waals surface area contributed by atoms with Gasteiger partial charge in [-0.3, -0.25) is 0 Å². The summed E-state index contributed by atoms with van der Waals surface area (Å²) in [7, 11) is 0. The zero-order valence-electron chi connectivity index (χ0n) is 39.0. The first kappa shape index (κ1) is 40.8. The molecule has 3 heterocycles. The van der Waals surface area contributed by atoms with E-state index >= 15 is 0 Å². The average Bonchev–Trinajstić information content (AvgIpc) is 3.36. The molecule has 0 radical (unpaired) electrons.